The van der Waals surface area contributed by atoms with Crippen LogP contribution in [0.4, 0.5) is 4.79 Å². The third-order valence-corrected chi connectivity index (χ3v) is 4.41. The van der Waals surface area contributed by atoms with Gasteiger partial charge in [0, 0.05) is 46.4 Å². The van der Waals surface area contributed by atoms with Crippen LogP contribution < -0.4 is 10.1 Å². The number of ether oxygens (including phenoxy) is 3. The highest BCUT2D eigenvalue weighted by Gasteiger charge is 2.25. The van der Waals surface area contributed by atoms with Crippen LogP contribution in [-0.4, -0.2) is 87.0 Å². The number of amides is 2. The topological polar surface area (TPSA) is 80.3 Å². The Hall–Kier alpha value is -2.32. The molecule has 1 heterocycles. The Morgan fingerprint density at radius 3 is 2.41 bits per heavy atom. The van der Waals surface area contributed by atoms with Gasteiger partial charge in [-0.25, -0.2) is 4.79 Å². The van der Waals surface area contributed by atoms with Crippen molar-refractivity contribution in [2.75, 3.05) is 59.6 Å². The highest BCUT2D eigenvalue weighted by atomic mass is 16.6. The molecule has 1 aliphatic rings. The van der Waals surface area contributed by atoms with E-state index in [0.29, 0.717) is 44.2 Å². The lowest BCUT2D eigenvalue weighted by molar-refractivity contribution is 0.0147. The van der Waals surface area contributed by atoms with E-state index in [-0.39, 0.29) is 12.0 Å². The number of methoxy groups -OCH3 is 1. The van der Waals surface area contributed by atoms with Gasteiger partial charge in [-0.1, -0.05) is 12.1 Å². The molecule has 8 nitrogen and oxygen atoms in total. The van der Waals surface area contributed by atoms with Gasteiger partial charge in [0.05, 0.1) is 12.2 Å². The van der Waals surface area contributed by atoms with Crippen molar-refractivity contribution in [3.8, 4) is 5.75 Å². The number of hydrogen-bond donors (Lipinski definition) is 1. The molecule has 1 N–H and O–H groups in total. The van der Waals surface area contributed by atoms with Crippen LogP contribution in [0.25, 0.3) is 0 Å². The first-order chi connectivity index (χ1) is 13.8. The van der Waals surface area contributed by atoms with Gasteiger partial charge in [0.2, 0.25) is 0 Å². The van der Waals surface area contributed by atoms with Crippen LogP contribution in [0.1, 0.15) is 31.1 Å². The van der Waals surface area contributed by atoms with Gasteiger partial charge in [0.15, 0.2) is 0 Å². The van der Waals surface area contributed by atoms with Crippen LogP contribution >= 0.6 is 0 Å². The second-order valence-electron chi connectivity index (χ2n) is 7.90. The maximum Gasteiger partial charge on any atom is 0.410 e. The summed E-state index contributed by atoms with van der Waals surface area (Å²) in [5.41, 5.74) is 0.0283. The zero-order chi connectivity index (χ0) is 21.3. The van der Waals surface area contributed by atoms with Crippen LogP contribution in [0.5, 0.6) is 5.75 Å². The summed E-state index contributed by atoms with van der Waals surface area (Å²) >= 11 is 0. The Morgan fingerprint density at radius 2 is 1.76 bits per heavy atom. The summed E-state index contributed by atoms with van der Waals surface area (Å²) in [6.45, 7) is 10.5. The van der Waals surface area contributed by atoms with Gasteiger partial charge in [-0.3, -0.25) is 9.69 Å². The van der Waals surface area contributed by atoms with E-state index < -0.39 is 5.60 Å². The number of nitrogens with zero attached hydrogens (tertiary/aromatic N) is 2. The first-order valence-electron chi connectivity index (χ1n) is 9.99. The average molecular weight is 408 g/mol. The molecule has 0 atom stereocenters. The Balaban J connectivity index is 1.73. The molecule has 2 rings (SSSR count). The third kappa shape index (κ3) is 7.91. The molecule has 0 saturated carbocycles. The summed E-state index contributed by atoms with van der Waals surface area (Å²) in [7, 11) is 1.61. The average Bonchev–Trinajstić information content (AvgIpc) is 2.67. The van der Waals surface area contributed by atoms with Crippen LogP contribution in [0.15, 0.2) is 24.3 Å². The van der Waals surface area contributed by atoms with Crippen molar-refractivity contribution in [1.29, 1.82) is 0 Å². The zero-order valence-corrected chi connectivity index (χ0v) is 17.9. The molecule has 162 valence electrons. The summed E-state index contributed by atoms with van der Waals surface area (Å²) < 4.78 is 16.0. The fraction of sp³-hybridized carbons (Fsp3) is 0.619. The first kappa shape index (κ1) is 23.0. The van der Waals surface area contributed by atoms with E-state index in [2.05, 4.69) is 10.2 Å². The van der Waals surface area contributed by atoms with Crippen molar-refractivity contribution in [3.63, 3.8) is 0 Å². The lowest BCUT2D eigenvalue weighted by Gasteiger charge is -2.35. The standard InChI is InChI=1S/C21H33N3O5/c1-21(2,3)29-20(26)24-13-11-23(12-14-24)10-9-22-19(25)17-7-5-6-8-18(17)28-16-15-27-4/h5-8H,9-16H2,1-4H3,(H,22,25). The fourth-order valence-corrected chi connectivity index (χ4v) is 2.92. The number of carbonyl (C=O) groups is 2. The van der Waals surface area contributed by atoms with E-state index >= 15 is 0 Å². The molecule has 1 aromatic rings. The van der Waals surface area contributed by atoms with Crippen molar-refractivity contribution in [2.24, 2.45) is 0 Å². The number of hydrogen-bond acceptors (Lipinski definition) is 6. The molecule has 29 heavy (non-hydrogen) atoms. The normalized spacial score (nSPS) is 15.1. The smallest absolute Gasteiger partial charge is 0.410 e. The van der Waals surface area contributed by atoms with Crippen LogP contribution in [0, 0.1) is 0 Å². The van der Waals surface area contributed by atoms with Gasteiger partial charge in [0.25, 0.3) is 5.91 Å². The van der Waals surface area contributed by atoms with Crippen molar-refractivity contribution < 1.29 is 23.8 Å². The molecule has 0 bridgehead atoms. The van der Waals surface area contributed by atoms with Gasteiger partial charge in [-0.15, -0.1) is 0 Å². The first-order valence-corrected chi connectivity index (χ1v) is 9.99. The lowest BCUT2D eigenvalue weighted by Crippen LogP contribution is -2.51. The molecule has 1 fully saturated rings. The maximum atomic E-state index is 12.5. The number of carbonyl (C=O) groups excluding carboxylic acids is 2. The molecule has 8 heteroatoms. The molecule has 0 aliphatic carbocycles. The van der Waals surface area contributed by atoms with E-state index in [4.69, 9.17) is 14.2 Å². The van der Waals surface area contributed by atoms with Gasteiger partial charge in [0.1, 0.15) is 18.0 Å². The second kappa shape index (κ2) is 11.0. The fourth-order valence-electron chi connectivity index (χ4n) is 2.92. The highest BCUT2D eigenvalue weighted by Crippen LogP contribution is 2.17. The van der Waals surface area contributed by atoms with E-state index in [1.165, 1.54) is 0 Å². The van der Waals surface area contributed by atoms with Crippen molar-refractivity contribution in [1.82, 2.24) is 15.1 Å². The Morgan fingerprint density at radius 1 is 1.07 bits per heavy atom. The van der Waals surface area contributed by atoms with E-state index in [1.54, 1.807) is 24.1 Å². The Bertz CT molecular complexity index is 667. The minimum atomic E-state index is -0.484. The molecule has 0 spiro atoms. The van der Waals surface area contributed by atoms with Gasteiger partial charge in [-0.2, -0.15) is 0 Å². The zero-order valence-electron chi connectivity index (χ0n) is 17.9. The quantitative estimate of drug-likeness (QED) is 0.664. The predicted molar refractivity (Wildman–Crippen MR) is 110 cm³/mol. The number of rotatable bonds is 8. The monoisotopic (exact) mass is 407 g/mol. The molecule has 0 unspecified atom stereocenters. The van der Waals surface area contributed by atoms with Crippen molar-refractivity contribution >= 4 is 12.0 Å². The summed E-state index contributed by atoms with van der Waals surface area (Å²) in [6, 6.07) is 7.18. The highest BCUT2D eigenvalue weighted by molar-refractivity contribution is 5.96. The lowest BCUT2D eigenvalue weighted by atomic mass is 10.2. The van der Waals surface area contributed by atoms with Gasteiger partial charge >= 0.3 is 6.09 Å². The summed E-state index contributed by atoms with van der Waals surface area (Å²) in [5, 5.41) is 2.95. The minimum absolute atomic E-state index is 0.162. The van der Waals surface area contributed by atoms with Gasteiger partial charge in [-0.05, 0) is 32.9 Å². The largest absolute Gasteiger partial charge is 0.490 e. The molecule has 1 aromatic carbocycles. The van der Waals surface area contributed by atoms with Crippen LogP contribution in [0.3, 0.4) is 0 Å². The predicted octanol–water partition coefficient (Wildman–Crippen LogP) is 1.99. The molecular weight excluding hydrogens is 374 g/mol. The summed E-state index contributed by atoms with van der Waals surface area (Å²) in [4.78, 5) is 28.6. The molecular formula is C21H33N3O5. The van der Waals surface area contributed by atoms with E-state index in [1.807, 2.05) is 32.9 Å². The molecule has 0 radical (unpaired) electrons. The Labute approximate surface area is 173 Å². The van der Waals surface area contributed by atoms with Crippen LogP contribution in [0.2, 0.25) is 0 Å². The molecule has 1 aliphatic heterocycles. The number of benzene rings is 1. The van der Waals surface area contributed by atoms with Crippen molar-refractivity contribution in [3.05, 3.63) is 29.8 Å². The summed E-state index contributed by atoms with van der Waals surface area (Å²) in [5.74, 6) is 0.387. The summed E-state index contributed by atoms with van der Waals surface area (Å²) in [6.07, 6.45) is -0.268. The number of piperazine rings is 1. The SMILES string of the molecule is COCCOc1ccccc1C(=O)NCCN1CCN(C(=O)OC(C)(C)C)CC1. The minimum Gasteiger partial charge on any atom is -0.490 e. The Kier molecular flexibility index (Phi) is 8.72. The van der Waals surface area contributed by atoms with E-state index in [0.717, 1.165) is 19.6 Å². The number of nitrogens with one attached hydrogen (secondary N) is 1. The third-order valence-electron chi connectivity index (χ3n) is 4.41. The van der Waals surface area contributed by atoms with E-state index in [9.17, 15) is 9.59 Å². The molecule has 2 amide bonds. The van der Waals surface area contributed by atoms with Crippen molar-refractivity contribution in [2.45, 2.75) is 26.4 Å². The van der Waals surface area contributed by atoms with Crippen LogP contribution in [-0.2, 0) is 9.47 Å². The number of para-hydroxylation sites is 1. The molecule has 1 saturated heterocycles. The second-order valence-corrected chi connectivity index (χ2v) is 7.90. The maximum absolute atomic E-state index is 12.5. The molecule has 0 aromatic heterocycles. The van der Waals surface area contributed by atoms with Gasteiger partial charge < -0.3 is 24.4 Å².